The van der Waals surface area contributed by atoms with Crippen LogP contribution in [0.1, 0.15) is 27.9 Å². The van der Waals surface area contributed by atoms with Crippen molar-refractivity contribution < 1.29 is 19.4 Å². The molecule has 2 rings (SSSR count). The van der Waals surface area contributed by atoms with E-state index in [1.807, 2.05) is 48.6 Å². The van der Waals surface area contributed by atoms with Crippen LogP contribution in [0.5, 0.6) is 0 Å². The van der Waals surface area contributed by atoms with E-state index in [9.17, 15) is 9.59 Å². The van der Waals surface area contributed by atoms with E-state index >= 15 is 0 Å². The van der Waals surface area contributed by atoms with E-state index in [2.05, 4.69) is 21.2 Å². The summed E-state index contributed by atoms with van der Waals surface area (Å²) in [5.74, 6) is -0.973. The lowest BCUT2D eigenvalue weighted by atomic mass is 10.1. The molecule has 1 amide bonds. The minimum absolute atomic E-state index is 0.219. The third-order valence-electron chi connectivity index (χ3n) is 3.27. The van der Waals surface area contributed by atoms with E-state index in [0.29, 0.717) is 17.4 Å². The van der Waals surface area contributed by atoms with Crippen LogP contribution in [0.25, 0.3) is 6.08 Å². The molecule has 0 fully saturated rings. The molecular weight excluding hydrogens is 386 g/mol. The fourth-order valence-corrected chi connectivity index (χ4v) is 2.59. The highest BCUT2D eigenvalue weighted by Crippen LogP contribution is 2.17. The fraction of sp³-hybridized carbons (Fsp3) is 0.158. The third-order valence-corrected chi connectivity index (χ3v) is 3.73. The predicted octanol–water partition coefficient (Wildman–Crippen LogP) is 4.48. The first-order valence-electron chi connectivity index (χ1n) is 7.69. The van der Waals surface area contributed by atoms with Gasteiger partial charge in [-0.1, -0.05) is 58.4 Å². The molecule has 2 aromatic rings. The van der Waals surface area contributed by atoms with Crippen LogP contribution in [0, 0.1) is 0 Å². The van der Waals surface area contributed by atoms with Gasteiger partial charge in [0.15, 0.2) is 0 Å². The van der Waals surface area contributed by atoms with E-state index in [1.54, 1.807) is 12.1 Å². The van der Waals surface area contributed by atoms with Gasteiger partial charge in [0.1, 0.15) is 6.61 Å². The summed E-state index contributed by atoms with van der Waals surface area (Å²) in [5, 5.41) is 11.7. The standard InChI is InChI=1S/C19H18BrNO4/c20-17-11-15(10-16(12-17)18(22)23)8-4-5-9-21-19(24)25-13-14-6-2-1-3-7-14/h1-4,6-8,10-12H,5,9,13H2,(H,21,24)(H,22,23). The van der Waals surface area contributed by atoms with Crippen molar-refractivity contribution >= 4 is 34.1 Å². The predicted molar refractivity (Wildman–Crippen MR) is 99.4 cm³/mol. The molecule has 0 bridgehead atoms. The van der Waals surface area contributed by atoms with Crippen LogP contribution in [0.2, 0.25) is 0 Å². The highest BCUT2D eigenvalue weighted by molar-refractivity contribution is 9.10. The smallest absolute Gasteiger partial charge is 0.407 e. The monoisotopic (exact) mass is 403 g/mol. The van der Waals surface area contributed by atoms with Gasteiger partial charge in [-0.2, -0.15) is 0 Å². The summed E-state index contributed by atoms with van der Waals surface area (Å²) in [6.07, 6.45) is 3.82. The number of halogens is 1. The van der Waals surface area contributed by atoms with Crippen LogP contribution in [-0.4, -0.2) is 23.7 Å². The number of carboxylic acid groups (broad SMARTS) is 1. The third kappa shape index (κ3) is 6.81. The summed E-state index contributed by atoms with van der Waals surface area (Å²) in [7, 11) is 0. The minimum atomic E-state index is -0.973. The van der Waals surface area contributed by atoms with Crippen molar-refractivity contribution in [2.24, 2.45) is 0 Å². The molecule has 0 saturated carbocycles. The Morgan fingerprint density at radius 3 is 2.64 bits per heavy atom. The summed E-state index contributed by atoms with van der Waals surface area (Å²) >= 11 is 3.29. The number of rotatable bonds is 7. The Kier molecular flexibility index (Phi) is 7.22. The Balaban J connectivity index is 1.72. The first kappa shape index (κ1) is 18.7. The molecule has 0 aliphatic rings. The number of carboxylic acids is 1. The Bertz CT molecular complexity index is 759. The number of carbonyl (C=O) groups excluding carboxylic acids is 1. The quantitative estimate of drug-likeness (QED) is 0.668. The maximum absolute atomic E-state index is 11.6. The molecule has 0 saturated heterocycles. The molecule has 0 heterocycles. The average molecular weight is 404 g/mol. The zero-order valence-electron chi connectivity index (χ0n) is 13.4. The van der Waals surface area contributed by atoms with Crippen LogP contribution >= 0.6 is 15.9 Å². The van der Waals surface area contributed by atoms with Crippen molar-refractivity contribution in [2.45, 2.75) is 13.0 Å². The fourth-order valence-electron chi connectivity index (χ4n) is 2.08. The van der Waals surface area contributed by atoms with Crippen molar-refractivity contribution in [1.82, 2.24) is 5.32 Å². The molecule has 2 N–H and O–H groups in total. The van der Waals surface area contributed by atoms with Crippen molar-refractivity contribution in [3.8, 4) is 0 Å². The van der Waals surface area contributed by atoms with Crippen LogP contribution in [-0.2, 0) is 11.3 Å². The second kappa shape index (κ2) is 9.64. The number of hydrogen-bond acceptors (Lipinski definition) is 3. The Hall–Kier alpha value is -2.60. The number of carbonyl (C=O) groups is 2. The summed E-state index contributed by atoms with van der Waals surface area (Å²) in [4.78, 5) is 22.6. The molecule has 0 aliphatic heterocycles. The van der Waals surface area contributed by atoms with Gasteiger partial charge < -0.3 is 15.2 Å². The molecule has 2 aromatic carbocycles. The molecule has 0 aliphatic carbocycles. The molecule has 130 valence electrons. The Morgan fingerprint density at radius 1 is 1.16 bits per heavy atom. The highest BCUT2D eigenvalue weighted by Gasteiger charge is 2.04. The molecule has 0 unspecified atom stereocenters. The van der Waals surface area contributed by atoms with E-state index in [1.165, 1.54) is 0 Å². The van der Waals surface area contributed by atoms with E-state index < -0.39 is 12.1 Å². The van der Waals surface area contributed by atoms with Crippen molar-refractivity contribution in [1.29, 1.82) is 0 Å². The van der Waals surface area contributed by atoms with Crippen molar-refractivity contribution in [3.63, 3.8) is 0 Å². The van der Waals surface area contributed by atoms with Crippen LogP contribution in [0.3, 0.4) is 0 Å². The number of nitrogens with one attached hydrogen (secondary N) is 1. The second-order valence-corrected chi connectivity index (χ2v) is 6.17. The molecule has 0 aromatic heterocycles. The topological polar surface area (TPSA) is 75.6 Å². The van der Waals surface area contributed by atoms with Gasteiger partial charge in [0.2, 0.25) is 0 Å². The van der Waals surface area contributed by atoms with Crippen molar-refractivity contribution in [3.05, 3.63) is 75.8 Å². The second-order valence-electron chi connectivity index (χ2n) is 5.26. The van der Waals surface area contributed by atoms with Gasteiger partial charge in [-0.05, 0) is 35.7 Å². The van der Waals surface area contributed by atoms with E-state index in [4.69, 9.17) is 9.84 Å². The van der Waals surface area contributed by atoms with Gasteiger partial charge in [-0.3, -0.25) is 0 Å². The van der Waals surface area contributed by atoms with Gasteiger partial charge in [0.25, 0.3) is 0 Å². The molecule has 0 spiro atoms. The minimum Gasteiger partial charge on any atom is -0.478 e. The van der Waals surface area contributed by atoms with Gasteiger partial charge in [0, 0.05) is 11.0 Å². The zero-order valence-corrected chi connectivity index (χ0v) is 15.0. The normalized spacial score (nSPS) is 10.6. The van der Waals surface area contributed by atoms with Crippen LogP contribution in [0.15, 0.2) is 59.1 Å². The molecule has 25 heavy (non-hydrogen) atoms. The number of aromatic carboxylic acids is 1. The van der Waals surface area contributed by atoms with Crippen molar-refractivity contribution in [2.75, 3.05) is 6.54 Å². The number of amides is 1. The van der Waals surface area contributed by atoms with E-state index in [0.717, 1.165) is 11.1 Å². The summed E-state index contributed by atoms with van der Waals surface area (Å²) in [5.41, 5.74) is 1.93. The number of hydrogen-bond donors (Lipinski definition) is 2. The van der Waals surface area contributed by atoms with Gasteiger partial charge in [-0.15, -0.1) is 0 Å². The lowest BCUT2D eigenvalue weighted by Gasteiger charge is -2.06. The molecule has 0 radical (unpaired) electrons. The van der Waals surface area contributed by atoms with Crippen LogP contribution in [0.4, 0.5) is 4.79 Å². The average Bonchev–Trinajstić information content (AvgIpc) is 2.60. The molecular formula is C19H18BrNO4. The number of alkyl carbamates (subject to hydrolysis) is 1. The molecule has 6 heteroatoms. The Morgan fingerprint density at radius 2 is 1.92 bits per heavy atom. The Labute approximate surface area is 154 Å². The van der Waals surface area contributed by atoms with E-state index in [-0.39, 0.29) is 12.2 Å². The van der Waals surface area contributed by atoms with Gasteiger partial charge in [0.05, 0.1) is 5.56 Å². The summed E-state index contributed by atoms with van der Waals surface area (Å²) in [6.45, 7) is 0.669. The SMILES string of the molecule is O=C(NCCC=Cc1cc(Br)cc(C(=O)O)c1)OCc1ccccc1. The van der Waals surface area contributed by atoms with Gasteiger partial charge >= 0.3 is 12.1 Å². The lowest BCUT2D eigenvalue weighted by Crippen LogP contribution is -2.24. The summed E-state index contributed by atoms with van der Waals surface area (Å²) in [6, 6.07) is 14.4. The first-order chi connectivity index (χ1) is 12.0. The van der Waals surface area contributed by atoms with Gasteiger partial charge in [-0.25, -0.2) is 9.59 Å². The summed E-state index contributed by atoms with van der Waals surface area (Å²) < 4.78 is 5.81. The number of ether oxygens (including phenoxy) is 1. The zero-order chi connectivity index (χ0) is 18.1. The molecule has 5 nitrogen and oxygen atoms in total. The maximum Gasteiger partial charge on any atom is 0.407 e. The largest absolute Gasteiger partial charge is 0.478 e. The lowest BCUT2D eigenvalue weighted by molar-refractivity contribution is 0.0696. The first-order valence-corrected chi connectivity index (χ1v) is 8.49. The highest BCUT2D eigenvalue weighted by atomic mass is 79.9. The number of benzene rings is 2. The maximum atomic E-state index is 11.6. The van der Waals surface area contributed by atoms with Crippen LogP contribution < -0.4 is 5.32 Å². The molecule has 0 atom stereocenters.